The summed E-state index contributed by atoms with van der Waals surface area (Å²) in [6, 6.07) is 1.73. The molecule has 10 heteroatoms. The number of nitrogens with two attached hydrogens (primary N) is 1. The summed E-state index contributed by atoms with van der Waals surface area (Å²) in [7, 11) is -3.51. The minimum Gasteiger partial charge on any atom is -0.352 e. The molecule has 2 rings (SSSR count). The lowest BCUT2D eigenvalue weighted by atomic mass is 10.0. The standard InChI is InChI=1S/C16H26N4O4S2/c1-2-3-5-13(18-16(17)22)15(21)20-9-7-12(8-10-20)19-26(23,24)14-6-4-11-25-14/h4,6,11-13,19H,2-3,5,7-10H2,1H3,(H3,17,18,22). The number of nitrogens with zero attached hydrogens (tertiary/aromatic N) is 1. The third kappa shape index (κ3) is 5.68. The van der Waals surface area contributed by atoms with E-state index >= 15 is 0 Å². The zero-order valence-corrected chi connectivity index (χ0v) is 16.4. The molecule has 1 fully saturated rings. The normalized spacial score (nSPS) is 17.0. The molecule has 146 valence electrons. The maximum atomic E-state index is 12.6. The average Bonchev–Trinajstić information content (AvgIpc) is 3.13. The van der Waals surface area contributed by atoms with Gasteiger partial charge in [-0.2, -0.15) is 0 Å². The lowest BCUT2D eigenvalue weighted by molar-refractivity contribution is -0.134. The molecule has 0 radical (unpaired) electrons. The molecule has 2 heterocycles. The number of piperidine rings is 1. The number of sulfonamides is 1. The monoisotopic (exact) mass is 402 g/mol. The van der Waals surface area contributed by atoms with Crippen molar-refractivity contribution < 1.29 is 18.0 Å². The molecule has 26 heavy (non-hydrogen) atoms. The number of carbonyl (C=O) groups is 2. The molecule has 1 aliphatic heterocycles. The zero-order valence-electron chi connectivity index (χ0n) is 14.8. The van der Waals surface area contributed by atoms with Crippen LogP contribution in [-0.2, 0) is 14.8 Å². The number of hydrogen-bond donors (Lipinski definition) is 3. The van der Waals surface area contributed by atoms with Gasteiger partial charge in [0.05, 0.1) is 0 Å². The van der Waals surface area contributed by atoms with Gasteiger partial charge >= 0.3 is 6.03 Å². The molecule has 1 saturated heterocycles. The summed E-state index contributed by atoms with van der Waals surface area (Å²) in [6.45, 7) is 2.90. The predicted molar refractivity (Wildman–Crippen MR) is 100 cm³/mol. The van der Waals surface area contributed by atoms with Crippen LogP contribution in [0.3, 0.4) is 0 Å². The van der Waals surface area contributed by atoms with Crippen molar-refractivity contribution in [2.45, 2.75) is 55.3 Å². The average molecular weight is 403 g/mol. The van der Waals surface area contributed by atoms with Crippen molar-refractivity contribution in [1.29, 1.82) is 0 Å². The van der Waals surface area contributed by atoms with E-state index in [0.29, 0.717) is 36.6 Å². The van der Waals surface area contributed by atoms with E-state index in [-0.39, 0.29) is 11.9 Å². The van der Waals surface area contributed by atoms with Gasteiger partial charge in [-0.25, -0.2) is 17.9 Å². The predicted octanol–water partition coefficient (Wildman–Crippen LogP) is 1.24. The first kappa shape index (κ1) is 20.7. The fraction of sp³-hybridized carbons (Fsp3) is 0.625. The largest absolute Gasteiger partial charge is 0.352 e. The van der Waals surface area contributed by atoms with Crippen molar-refractivity contribution in [2.75, 3.05) is 13.1 Å². The first-order chi connectivity index (χ1) is 12.3. The number of nitrogens with one attached hydrogen (secondary N) is 2. The van der Waals surface area contributed by atoms with Crippen molar-refractivity contribution in [3.05, 3.63) is 17.5 Å². The SMILES string of the molecule is CCCCC(NC(N)=O)C(=O)N1CCC(NS(=O)(=O)c2cccs2)CC1. The zero-order chi connectivity index (χ0) is 19.2. The van der Waals surface area contributed by atoms with Crippen LogP contribution >= 0.6 is 11.3 Å². The molecule has 4 N–H and O–H groups in total. The van der Waals surface area contributed by atoms with Crippen LogP contribution in [0.5, 0.6) is 0 Å². The number of unbranched alkanes of at least 4 members (excludes halogenated alkanes) is 1. The van der Waals surface area contributed by atoms with Gasteiger partial charge in [-0.3, -0.25) is 4.79 Å². The molecule has 1 aromatic heterocycles. The Kier molecular flexibility index (Phi) is 7.42. The van der Waals surface area contributed by atoms with Crippen LogP contribution in [0.4, 0.5) is 4.79 Å². The highest BCUT2D eigenvalue weighted by Gasteiger charge is 2.30. The van der Waals surface area contributed by atoms with E-state index in [2.05, 4.69) is 10.0 Å². The Balaban J connectivity index is 1.90. The number of likely N-dealkylation sites (tertiary alicyclic amines) is 1. The molecule has 0 spiro atoms. The minimum absolute atomic E-state index is 0.156. The Hall–Kier alpha value is -1.65. The van der Waals surface area contributed by atoms with Crippen LogP contribution in [0.2, 0.25) is 0 Å². The van der Waals surface area contributed by atoms with E-state index < -0.39 is 22.1 Å². The number of rotatable bonds is 8. The quantitative estimate of drug-likeness (QED) is 0.605. The highest BCUT2D eigenvalue weighted by atomic mass is 32.2. The third-order valence-corrected chi connectivity index (χ3v) is 7.27. The van der Waals surface area contributed by atoms with Gasteiger partial charge < -0.3 is 16.0 Å². The van der Waals surface area contributed by atoms with Crippen LogP contribution in [0.25, 0.3) is 0 Å². The summed E-state index contributed by atoms with van der Waals surface area (Å²) in [6.07, 6.45) is 3.34. The molecule has 1 unspecified atom stereocenters. The second kappa shape index (κ2) is 9.33. The van der Waals surface area contributed by atoms with Crippen molar-refractivity contribution in [3.8, 4) is 0 Å². The van der Waals surface area contributed by atoms with Gasteiger partial charge in [-0.1, -0.05) is 25.8 Å². The van der Waals surface area contributed by atoms with E-state index in [1.54, 1.807) is 22.4 Å². The number of carbonyl (C=O) groups excluding carboxylic acids is 2. The molecule has 1 atom stereocenters. The summed E-state index contributed by atoms with van der Waals surface area (Å²) in [5.74, 6) is -0.156. The molecule has 0 bridgehead atoms. The Bertz CT molecular complexity index is 698. The van der Waals surface area contributed by atoms with E-state index in [9.17, 15) is 18.0 Å². The van der Waals surface area contributed by atoms with Gasteiger partial charge in [-0.05, 0) is 30.7 Å². The lowest BCUT2D eigenvalue weighted by Crippen LogP contribution is -2.53. The smallest absolute Gasteiger partial charge is 0.312 e. The summed E-state index contributed by atoms with van der Waals surface area (Å²) in [5, 5.41) is 4.24. The number of hydrogen-bond acceptors (Lipinski definition) is 5. The highest BCUT2D eigenvalue weighted by Crippen LogP contribution is 2.19. The Labute approximate surface area is 158 Å². The first-order valence-electron chi connectivity index (χ1n) is 8.74. The van der Waals surface area contributed by atoms with E-state index in [4.69, 9.17) is 5.73 Å². The van der Waals surface area contributed by atoms with Gasteiger partial charge in [-0.15, -0.1) is 11.3 Å². The van der Waals surface area contributed by atoms with E-state index in [1.807, 2.05) is 6.92 Å². The van der Waals surface area contributed by atoms with Crippen LogP contribution < -0.4 is 15.8 Å². The Morgan fingerprint density at radius 2 is 2.08 bits per heavy atom. The van der Waals surface area contributed by atoms with E-state index in [0.717, 1.165) is 12.8 Å². The Morgan fingerprint density at radius 1 is 1.38 bits per heavy atom. The van der Waals surface area contributed by atoms with Crippen molar-refractivity contribution >= 4 is 33.3 Å². The van der Waals surface area contributed by atoms with Gasteiger partial charge in [0.1, 0.15) is 10.3 Å². The second-order valence-electron chi connectivity index (χ2n) is 6.36. The number of primary amides is 1. The fourth-order valence-electron chi connectivity index (χ4n) is 2.97. The van der Waals surface area contributed by atoms with Crippen LogP contribution in [-0.4, -0.2) is 50.4 Å². The maximum Gasteiger partial charge on any atom is 0.312 e. The second-order valence-corrected chi connectivity index (χ2v) is 9.24. The Morgan fingerprint density at radius 3 is 2.62 bits per heavy atom. The molecule has 0 saturated carbocycles. The van der Waals surface area contributed by atoms with Gasteiger partial charge in [0.15, 0.2) is 0 Å². The van der Waals surface area contributed by atoms with Crippen LogP contribution in [0, 0.1) is 0 Å². The molecule has 1 aliphatic rings. The number of urea groups is 1. The molecule has 8 nitrogen and oxygen atoms in total. The third-order valence-electron chi connectivity index (χ3n) is 4.35. The molecule has 3 amide bonds. The molecule has 0 aliphatic carbocycles. The lowest BCUT2D eigenvalue weighted by Gasteiger charge is -2.34. The fourth-order valence-corrected chi connectivity index (χ4v) is 5.28. The number of thiophene rings is 1. The van der Waals surface area contributed by atoms with Gasteiger partial charge in [0.25, 0.3) is 0 Å². The molecular weight excluding hydrogens is 376 g/mol. The number of amides is 3. The van der Waals surface area contributed by atoms with Gasteiger partial charge in [0, 0.05) is 19.1 Å². The van der Waals surface area contributed by atoms with E-state index in [1.165, 1.54) is 11.3 Å². The summed E-state index contributed by atoms with van der Waals surface area (Å²) < 4.78 is 27.6. The molecule has 1 aromatic rings. The molecular formula is C16H26N4O4S2. The van der Waals surface area contributed by atoms with Crippen molar-refractivity contribution in [3.63, 3.8) is 0 Å². The van der Waals surface area contributed by atoms with Crippen LogP contribution in [0.15, 0.2) is 21.7 Å². The summed E-state index contributed by atoms with van der Waals surface area (Å²) >= 11 is 1.17. The van der Waals surface area contributed by atoms with Gasteiger partial charge in [0.2, 0.25) is 15.9 Å². The van der Waals surface area contributed by atoms with Crippen molar-refractivity contribution in [2.24, 2.45) is 5.73 Å². The molecule has 0 aromatic carbocycles. The maximum absolute atomic E-state index is 12.6. The topological polar surface area (TPSA) is 122 Å². The minimum atomic E-state index is -3.51. The first-order valence-corrected chi connectivity index (χ1v) is 11.1. The van der Waals surface area contributed by atoms with Crippen LogP contribution in [0.1, 0.15) is 39.0 Å². The van der Waals surface area contributed by atoms with Crippen molar-refractivity contribution in [1.82, 2.24) is 14.9 Å². The summed E-state index contributed by atoms with van der Waals surface area (Å²) in [4.78, 5) is 25.5. The summed E-state index contributed by atoms with van der Waals surface area (Å²) in [5.41, 5.74) is 5.17. The highest BCUT2D eigenvalue weighted by molar-refractivity contribution is 7.91.